The van der Waals surface area contributed by atoms with Gasteiger partial charge in [0, 0.05) is 12.8 Å². The highest BCUT2D eigenvalue weighted by Crippen LogP contribution is 2.18. The van der Waals surface area contributed by atoms with Crippen molar-refractivity contribution in [2.45, 2.75) is 341 Å². The second kappa shape index (κ2) is 56.9. The van der Waals surface area contributed by atoms with Gasteiger partial charge in [0.05, 0.1) is 25.4 Å². The van der Waals surface area contributed by atoms with Crippen molar-refractivity contribution in [3.8, 4) is 0 Å². The van der Waals surface area contributed by atoms with Crippen LogP contribution < -0.4 is 5.32 Å². The van der Waals surface area contributed by atoms with Crippen molar-refractivity contribution in [2.75, 3.05) is 13.2 Å². The molecule has 0 radical (unpaired) electrons. The van der Waals surface area contributed by atoms with E-state index in [1.807, 2.05) is 0 Å². The first kappa shape index (κ1) is 65.3. The van der Waals surface area contributed by atoms with Gasteiger partial charge in [0.2, 0.25) is 5.91 Å². The van der Waals surface area contributed by atoms with Crippen molar-refractivity contribution < 1.29 is 24.5 Å². The van der Waals surface area contributed by atoms with E-state index in [0.717, 1.165) is 77.0 Å². The molecule has 2 atom stereocenters. The van der Waals surface area contributed by atoms with Crippen LogP contribution in [0.25, 0.3) is 0 Å². The molecule has 0 rings (SSSR count). The smallest absolute Gasteiger partial charge is 0.305 e. The van der Waals surface area contributed by atoms with Crippen LogP contribution in [0.4, 0.5) is 0 Å². The SMILES string of the molecule is CCCCCCCCCCCCCCCCCCCCCCCC(O)C(CO)NC(=O)CCCCCCCC/C=C\C=C/CCCCCOC(=O)CCCCCCCCCCCCCCCC. The predicted molar refractivity (Wildman–Crippen MR) is 292 cm³/mol. The number of carbonyl (C=O) groups is 2. The molecule has 0 aliphatic carbocycles. The van der Waals surface area contributed by atoms with Crippen LogP contribution in [0.2, 0.25) is 0 Å². The highest BCUT2D eigenvalue weighted by molar-refractivity contribution is 5.76. The number of carbonyl (C=O) groups excluding carboxylic acids is 2. The Labute approximate surface area is 418 Å². The van der Waals surface area contributed by atoms with E-state index in [-0.39, 0.29) is 18.5 Å². The van der Waals surface area contributed by atoms with Crippen LogP contribution in [0.3, 0.4) is 0 Å². The van der Waals surface area contributed by atoms with Gasteiger partial charge in [0.15, 0.2) is 0 Å². The number of hydrogen-bond acceptors (Lipinski definition) is 5. The van der Waals surface area contributed by atoms with Gasteiger partial charge in [-0.25, -0.2) is 0 Å². The summed E-state index contributed by atoms with van der Waals surface area (Å²) in [5.41, 5.74) is 0. The molecule has 3 N–H and O–H groups in total. The zero-order valence-corrected chi connectivity index (χ0v) is 45.1. The second-order valence-corrected chi connectivity index (χ2v) is 20.7. The minimum absolute atomic E-state index is 0.0187. The summed E-state index contributed by atoms with van der Waals surface area (Å²) in [7, 11) is 0. The Balaban J connectivity index is 3.50. The third kappa shape index (κ3) is 53.5. The van der Waals surface area contributed by atoms with Crippen LogP contribution >= 0.6 is 0 Å². The predicted octanol–water partition coefficient (Wildman–Crippen LogP) is 18.6. The second-order valence-electron chi connectivity index (χ2n) is 20.7. The number of aliphatic hydroxyl groups is 2. The van der Waals surface area contributed by atoms with Gasteiger partial charge in [-0.05, 0) is 57.8 Å². The molecule has 0 saturated heterocycles. The highest BCUT2D eigenvalue weighted by Gasteiger charge is 2.20. The summed E-state index contributed by atoms with van der Waals surface area (Å²) < 4.78 is 5.45. The summed E-state index contributed by atoms with van der Waals surface area (Å²) in [6.45, 7) is 4.92. The van der Waals surface area contributed by atoms with E-state index in [2.05, 4.69) is 43.5 Å². The maximum atomic E-state index is 12.5. The van der Waals surface area contributed by atoms with Crippen molar-refractivity contribution in [3.63, 3.8) is 0 Å². The van der Waals surface area contributed by atoms with Gasteiger partial charge >= 0.3 is 5.97 Å². The Kier molecular flexibility index (Phi) is 55.5. The third-order valence-electron chi connectivity index (χ3n) is 14.0. The van der Waals surface area contributed by atoms with Gasteiger partial charge < -0.3 is 20.3 Å². The van der Waals surface area contributed by atoms with Crippen molar-refractivity contribution in [2.24, 2.45) is 0 Å². The van der Waals surface area contributed by atoms with Crippen molar-refractivity contribution >= 4 is 11.9 Å². The summed E-state index contributed by atoms with van der Waals surface area (Å²) >= 11 is 0. The number of ether oxygens (including phenoxy) is 1. The van der Waals surface area contributed by atoms with E-state index in [0.29, 0.717) is 25.9 Å². The van der Waals surface area contributed by atoms with E-state index in [1.54, 1.807) is 0 Å². The molecule has 0 aliphatic rings. The summed E-state index contributed by atoms with van der Waals surface area (Å²) in [6.07, 6.45) is 68.9. The van der Waals surface area contributed by atoms with Gasteiger partial charge in [0.25, 0.3) is 0 Å². The normalized spacial score (nSPS) is 12.7. The highest BCUT2D eigenvalue weighted by atomic mass is 16.5. The van der Waals surface area contributed by atoms with Gasteiger partial charge in [0.1, 0.15) is 0 Å². The lowest BCUT2D eigenvalue weighted by atomic mass is 10.0. The molecule has 0 aromatic heterocycles. The molecule has 67 heavy (non-hydrogen) atoms. The lowest BCUT2D eigenvalue weighted by Crippen LogP contribution is -2.45. The molecular formula is C61H117NO5. The Morgan fingerprint density at radius 3 is 1.10 bits per heavy atom. The third-order valence-corrected chi connectivity index (χ3v) is 14.0. The van der Waals surface area contributed by atoms with Crippen LogP contribution in [0, 0.1) is 0 Å². The first-order valence-corrected chi connectivity index (χ1v) is 30.1. The molecule has 6 heteroatoms. The molecule has 0 aromatic rings. The average Bonchev–Trinajstić information content (AvgIpc) is 3.33. The molecule has 6 nitrogen and oxygen atoms in total. The molecule has 0 saturated carbocycles. The number of nitrogens with one attached hydrogen (secondary N) is 1. The number of unbranched alkanes of at least 4 members (excludes halogenated alkanes) is 42. The molecule has 0 spiro atoms. The fourth-order valence-electron chi connectivity index (χ4n) is 9.40. The lowest BCUT2D eigenvalue weighted by Gasteiger charge is -2.22. The van der Waals surface area contributed by atoms with Gasteiger partial charge in [-0.3, -0.25) is 9.59 Å². The maximum Gasteiger partial charge on any atom is 0.305 e. The minimum atomic E-state index is -0.679. The Morgan fingerprint density at radius 2 is 0.731 bits per heavy atom. The van der Waals surface area contributed by atoms with E-state index in [4.69, 9.17) is 4.74 Å². The summed E-state index contributed by atoms with van der Waals surface area (Å²) in [4.78, 5) is 24.5. The number of aliphatic hydroxyl groups excluding tert-OH is 2. The number of rotatable bonds is 56. The zero-order valence-electron chi connectivity index (χ0n) is 45.1. The molecule has 2 unspecified atom stereocenters. The molecule has 0 aliphatic heterocycles. The van der Waals surface area contributed by atoms with Gasteiger partial charge in [-0.15, -0.1) is 0 Å². The van der Waals surface area contributed by atoms with Crippen LogP contribution in [0.1, 0.15) is 328 Å². The zero-order chi connectivity index (χ0) is 48.6. The fraction of sp³-hybridized carbons (Fsp3) is 0.902. The summed E-state index contributed by atoms with van der Waals surface area (Å²) in [5, 5.41) is 23.3. The number of allylic oxidation sites excluding steroid dienone is 4. The van der Waals surface area contributed by atoms with Crippen LogP contribution in [-0.2, 0) is 14.3 Å². The summed E-state index contributed by atoms with van der Waals surface area (Å²) in [5.74, 6) is -0.0730. The first-order chi connectivity index (χ1) is 33.0. The first-order valence-electron chi connectivity index (χ1n) is 30.1. The van der Waals surface area contributed by atoms with Crippen molar-refractivity contribution in [1.82, 2.24) is 5.32 Å². The standard InChI is InChI=1S/C61H117NO5/c1-3-5-7-9-11-13-15-17-19-20-21-22-23-24-26-29-33-37-41-45-49-53-59(64)58(57-63)62-60(65)54-50-46-42-38-34-30-27-25-28-32-36-40-44-48-52-56-67-61(66)55-51-47-43-39-35-31-18-16-14-12-10-8-6-4-2/h25,28,32,36,58-59,63-64H,3-24,26-27,29-31,33-35,37-57H2,1-2H3,(H,62,65)/b28-25-,36-32-. The van der Waals surface area contributed by atoms with E-state index >= 15 is 0 Å². The van der Waals surface area contributed by atoms with E-state index in [1.165, 1.54) is 218 Å². The molecule has 396 valence electrons. The Bertz CT molecular complexity index is 1040. The molecule has 1 amide bonds. The van der Waals surface area contributed by atoms with Crippen LogP contribution in [0.15, 0.2) is 24.3 Å². The van der Waals surface area contributed by atoms with Crippen molar-refractivity contribution in [3.05, 3.63) is 24.3 Å². The average molecular weight is 945 g/mol. The molecular weight excluding hydrogens is 827 g/mol. The van der Waals surface area contributed by atoms with E-state index < -0.39 is 12.1 Å². The monoisotopic (exact) mass is 944 g/mol. The molecule has 0 aromatic carbocycles. The summed E-state index contributed by atoms with van der Waals surface area (Å²) in [6, 6.07) is -0.558. The topological polar surface area (TPSA) is 95.9 Å². The van der Waals surface area contributed by atoms with Crippen molar-refractivity contribution in [1.29, 1.82) is 0 Å². The molecule has 0 bridgehead atoms. The largest absolute Gasteiger partial charge is 0.466 e. The van der Waals surface area contributed by atoms with Crippen LogP contribution in [-0.4, -0.2) is 47.4 Å². The fourth-order valence-corrected chi connectivity index (χ4v) is 9.40. The number of amides is 1. The lowest BCUT2D eigenvalue weighted by molar-refractivity contribution is -0.143. The molecule has 0 fully saturated rings. The maximum absolute atomic E-state index is 12.5. The number of esters is 1. The Hall–Kier alpha value is -1.66. The molecule has 0 heterocycles. The number of hydrogen-bond donors (Lipinski definition) is 3. The van der Waals surface area contributed by atoms with Gasteiger partial charge in [-0.1, -0.05) is 282 Å². The quantitative estimate of drug-likeness (QED) is 0.0321. The van der Waals surface area contributed by atoms with Gasteiger partial charge in [-0.2, -0.15) is 0 Å². The van der Waals surface area contributed by atoms with E-state index in [9.17, 15) is 19.8 Å². The Morgan fingerprint density at radius 1 is 0.418 bits per heavy atom. The van der Waals surface area contributed by atoms with Crippen LogP contribution in [0.5, 0.6) is 0 Å². The minimum Gasteiger partial charge on any atom is -0.466 e.